The molecule has 3 nitrogen and oxygen atoms in total. The number of likely N-dealkylation sites (N-methyl/N-ethyl adjacent to an activating group) is 1. The molecule has 2 atom stereocenters. The van der Waals surface area contributed by atoms with Crippen LogP contribution < -0.4 is 0 Å². The van der Waals surface area contributed by atoms with Gasteiger partial charge in [-0.05, 0) is 27.3 Å². The Hall–Kier alpha value is -0.120. The van der Waals surface area contributed by atoms with Crippen LogP contribution in [-0.4, -0.2) is 47.0 Å². The van der Waals surface area contributed by atoms with Crippen molar-refractivity contribution >= 4 is 0 Å². The van der Waals surface area contributed by atoms with E-state index in [2.05, 4.69) is 0 Å². The maximum atomic E-state index is 9.71. The molecule has 0 heterocycles. The predicted molar refractivity (Wildman–Crippen MR) is 50.1 cm³/mol. The summed E-state index contributed by atoms with van der Waals surface area (Å²) < 4.78 is 0. The number of aliphatic hydroxyl groups excluding tert-OH is 1. The maximum absolute atomic E-state index is 9.71. The Balaban J connectivity index is 3.90. The Morgan fingerprint density at radius 3 is 2.33 bits per heavy atom. The van der Waals surface area contributed by atoms with Gasteiger partial charge in [0.1, 0.15) is 0 Å². The Labute approximate surface area is 75.0 Å². The first kappa shape index (κ1) is 11.9. The zero-order valence-corrected chi connectivity index (χ0v) is 8.54. The van der Waals surface area contributed by atoms with E-state index in [4.69, 9.17) is 5.11 Å². The minimum atomic E-state index is -0.641. The highest BCUT2D eigenvalue weighted by Gasteiger charge is 2.21. The summed E-state index contributed by atoms with van der Waals surface area (Å²) in [6.07, 6.45) is 0.732. The number of hydrogen-bond acceptors (Lipinski definition) is 3. The Kier molecular flexibility index (Phi) is 4.75. The molecule has 0 aromatic rings. The van der Waals surface area contributed by atoms with Crippen molar-refractivity contribution in [3.63, 3.8) is 0 Å². The minimum absolute atomic E-state index is 0.114. The van der Waals surface area contributed by atoms with Crippen LogP contribution in [0.4, 0.5) is 0 Å². The molecular formula is C9H21NO2. The summed E-state index contributed by atoms with van der Waals surface area (Å²) >= 11 is 0. The molecule has 0 aliphatic heterocycles. The zero-order chi connectivity index (χ0) is 9.78. The maximum Gasteiger partial charge on any atom is 0.0743 e. The molecule has 0 saturated heterocycles. The van der Waals surface area contributed by atoms with E-state index in [9.17, 15) is 5.11 Å². The van der Waals surface area contributed by atoms with Gasteiger partial charge in [0.25, 0.3) is 0 Å². The van der Waals surface area contributed by atoms with Gasteiger partial charge in [-0.25, -0.2) is 0 Å². The van der Waals surface area contributed by atoms with Crippen LogP contribution in [0.5, 0.6) is 0 Å². The van der Waals surface area contributed by atoms with Crippen molar-refractivity contribution < 1.29 is 10.2 Å². The first-order chi connectivity index (χ1) is 5.43. The van der Waals surface area contributed by atoms with Crippen molar-refractivity contribution in [1.29, 1.82) is 0 Å². The summed E-state index contributed by atoms with van der Waals surface area (Å²) in [5.74, 6) is 0. The zero-order valence-electron chi connectivity index (χ0n) is 8.54. The molecule has 3 heteroatoms. The molecule has 0 aliphatic carbocycles. The molecule has 0 fully saturated rings. The summed E-state index contributed by atoms with van der Waals surface area (Å²) in [7, 11) is 1.91. The Morgan fingerprint density at radius 1 is 1.50 bits per heavy atom. The van der Waals surface area contributed by atoms with Crippen LogP contribution in [0.2, 0.25) is 0 Å². The van der Waals surface area contributed by atoms with Gasteiger partial charge in [-0.15, -0.1) is 0 Å². The SMILES string of the molecule is CCC(C)(O)CN(C)C(C)CO. The normalized spacial score (nSPS) is 19.2. The first-order valence-corrected chi connectivity index (χ1v) is 4.46. The molecule has 0 amide bonds. The standard InChI is InChI=1S/C9H21NO2/c1-5-9(3,12)7-10(4)8(2)6-11/h8,11-12H,5-7H2,1-4H3. The third-order valence-electron chi connectivity index (χ3n) is 2.37. The molecule has 0 saturated carbocycles. The van der Waals surface area contributed by atoms with Gasteiger partial charge in [-0.1, -0.05) is 6.92 Å². The predicted octanol–water partition coefficient (Wildman–Crippen LogP) is 0.460. The van der Waals surface area contributed by atoms with Gasteiger partial charge < -0.3 is 10.2 Å². The lowest BCUT2D eigenvalue weighted by Crippen LogP contribution is -2.43. The van der Waals surface area contributed by atoms with Crippen LogP contribution in [0, 0.1) is 0 Å². The van der Waals surface area contributed by atoms with Crippen molar-refractivity contribution in [3.05, 3.63) is 0 Å². The largest absolute Gasteiger partial charge is 0.395 e. The average Bonchev–Trinajstić information content (AvgIpc) is 2.02. The van der Waals surface area contributed by atoms with Crippen molar-refractivity contribution in [2.75, 3.05) is 20.2 Å². The smallest absolute Gasteiger partial charge is 0.0743 e. The lowest BCUT2D eigenvalue weighted by atomic mass is 10.0. The molecule has 0 aliphatic rings. The third kappa shape index (κ3) is 4.04. The quantitative estimate of drug-likeness (QED) is 0.638. The van der Waals surface area contributed by atoms with E-state index in [0.717, 1.165) is 6.42 Å². The molecule has 0 bridgehead atoms. The minimum Gasteiger partial charge on any atom is -0.395 e. The lowest BCUT2D eigenvalue weighted by Gasteiger charge is -2.31. The molecule has 2 unspecified atom stereocenters. The fraction of sp³-hybridized carbons (Fsp3) is 1.00. The number of nitrogens with zero attached hydrogens (tertiary/aromatic N) is 1. The third-order valence-corrected chi connectivity index (χ3v) is 2.37. The van der Waals surface area contributed by atoms with Crippen LogP contribution in [0.25, 0.3) is 0 Å². The number of hydrogen-bond donors (Lipinski definition) is 2. The van der Waals surface area contributed by atoms with Gasteiger partial charge in [0.15, 0.2) is 0 Å². The average molecular weight is 175 g/mol. The van der Waals surface area contributed by atoms with Crippen molar-refractivity contribution in [3.8, 4) is 0 Å². The van der Waals surface area contributed by atoms with Crippen LogP contribution in [0.3, 0.4) is 0 Å². The summed E-state index contributed by atoms with van der Waals surface area (Å²) in [4.78, 5) is 1.96. The lowest BCUT2D eigenvalue weighted by molar-refractivity contribution is 0.00701. The van der Waals surface area contributed by atoms with E-state index >= 15 is 0 Å². The fourth-order valence-electron chi connectivity index (χ4n) is 0.944. The van der Waals surface area contributed by atoms with Gasteiger partial charge in [-0.3, -0.25) is 4.90 Å². The number of aliphatic hydroxyl groups is 2. The molecule has 0 aromatic carbocycles. The Bertz CT molecular complexity index is 126. The van der Waals surface area contributed by atoms with E-state index in [1.54, 1.807) is 0 Å². The summed E-state index contributed by atoms with van der Waals surface area (Å²) in [6, 6.07) is 0.114. The molecule has 2 N–H and O–H groups in total. The van der Waals surface area contributed by atoms with Crippen LogP contribution in [0.15, 0.2) is 0 Å². The van der Waals surface area contributed by atoms with Crippen molar-refractivity contribution in [2.45, 2.75) is 38.8 Å². The molecule has 0 radical (unpaired) electrons. The summed E-state index contributed by atoms with van der Waals surface area (Å²) in [5, 5.41) is 18.6. The van der Waals surface area contributed by atoms with Gasteiger partial charge in [0.2, 0.25) is 0 Å². The molecule has 74 valence electrons. The highest BCUT2D eigenvalue weighted by molar-refractivity contribution is 4.76. The summed E-state index contributed by atoms with van der Waals surface area (Å²) in [5.41, 5.74) is -0.641. The monoisotopic (exact) mass is 175 g/mol. The number of rotatable bonds is 5. The van der Waals surface area contributed by atoms with Gasteiger partial charge >= 0.3 is 0 Å². The second-order valence-electron chi connectivity index (χ2n) is 3.80. The van der Waals surface area contributed by atoms with Crippen LogP contribution >= 0.6 is 0 Å². The first-order valence-electron chi connectivity index (χ1n) is 4.46. The van der Waals surface area contributed by atoms with Crippen molar-refractivity contribution in [1.82, 2.24) is 4.90 Å². The van der Waals surface area contributed by atoms with Gasteiger partial charge in [-0.2, -0.15) is 0 Å². The second kappa shape index (κ2) is 4.80. The van der Waals surface area contributed by atoms with E-state index in [1.807, 2.05) is 32.7 Å². The molecule has 0 rings (SSSR count). The van der Waals surface area contributed by atoms with Crippen molar-refractivity contribution in [2.24, 2.45) is 0 Å². The van der Waals surface area contributed by atoms with E-state index in [1.165, 1.54) is 0 Å². The van der Waals surface area contributed by atoms with E-state index in [-0.39, 0.29) is 12.6 Å². The van der Waals surface area contributed by atoms with E-state index in [0.29, 0.717) is 6.54 Å². The highest BCUT2D eigenvalue weighted by Crippen LogP contribution is 2.11. The van der Waals surface area contributed by atoms with E-state index < -0.39 is 5.60 Å². The Morgan fingerprint density at radius 2 is 2.00 bits per heavy atom. The molecule has 0 spiro atoms. The topological polar surface area (TPSA) is 43.7 Å². The summed E-state index contributed by atoms with van der Waals surface area (Å²) in [6.45, 7) is 6.44. The molecular weight excluding hydrogens is 154 g/mol. The highest BCUT2D eigenvalue weighted by atomic mass is 16.3. The van der Waals surface area contributed by atoms with Crippen LogP contribution in [0.1, 0.15) is 27.2 Å². The van der Waals surface area contributed by atoms with Gasteiger partial charge in [0.05, 0.1) is 12.2 Å². The van der Waals surface area contributed by atoms with Gasteiger partial charge in [0, 0.05) is 12.6 Å². The molecule has 0 aromatic heterocycles. The molecule has 12 heavy (non-hydrogen) atoms. The fourth-order valence-corrected chi connectivity index (χ4v) is 0.944. The van der Waals surface area contributed by atoms with Crippen LogP contribution in [-0.2, 0) is 0 Å². The second-order valence-corrected chi connectivity index (χ2v) is 3.80.